The van der Waals surface area contributed by atoms with Gasteiger partial charge in [0, 0.05) is 30.2 Å². The molecule has 12 rings (SSSR count). The van der Waals surface area contributed by atoms with Gasteiger partial charge in [-0.05, 0) is 151 Å². The molecule has 2 aliphatic carbocycles. The molecule has 0 unspecified atom stereocenters. The van der Waals surface area contributed by atoms with E-state index >= 15 is 0 Å². The third-order valence-electron chi connectivity index (χ3n) is 14.2. The maximum absolute atomic E-state index is 5.93. The summed E-state index contributed by atoms with van der Waals surface area (Å²) in [5.74, 6) is 13.4. The van der Waals surface area contributed by atoms with Crippen molar-refractivity contribution in [3.8, 4) is 57.4 Å². The maximum Gasteiger partial charge on any atom is 0.149 e. The highest BCUT2D eigenvalue weighted by molar-refractivity contribution is 5.92. The normalized spacial score (nSPS) is 13.2. The van der Waals surface area contributed by atoms with Crippen molar-refractivity contribution in [3.63, 3.8) is 0 Å². The van der Waals surface area contributed by atoms with Gasteiger partial charge < -0.3 is 9.47 Å². The molecule has 0 spiro atoms. The third-order valence-corrected chi connectivity index (χ3v) is 14.2. The van der Waals surface area contributed by atoms with Crippen LogP contribution >= 0.6 is 0 Å². The van der Waals surface area contributed by atoms with E-state index in [0.717, 1.165) is 55.6 Å². The number of fused-ring (bicyclic) bond motifs is 8. The van der Waals surface area contributed by atoms with E-state index in [-0.39, 0.29) is 0 Å². The van der Waals surface area contributed by atoms with Gasteiger partial charge in [0.1, 0.15) is 24.7 Å². The Balaban J connectivity index is 0.914. The number of ether oxygens (including phenoxy) is 2. The van der Waals surface area contributed by atoms with Crippen molar-refractivity contribution in [1.82, 2.24) is 9.97 Å². The highest BCUT2D eigenvalue weighted by Crippen LogP contribution is 2.58. The first-order chi connectivity index (χ1) is 34.1. The summed E-state index contributed by atoms with van der Waals surface area (Å²) in [6.07, 6.45) is 4.78. The minimum atomic E-state index is -0.580. The van der Waals surface area contributed by atoms with Crippen molar-refractivity contribution in [2.45, 2.75) is 31.1 Å². The predicted octanol–water partition coefficient (Wildman–Crippen LogP) is 13.9. The number of aromatic nitrogens is 2. The van der Waals surface area contributed by atoms with E-state index in [9.17, 15) is 0 Å². The van der Waals surface area contributed by atoms with Gasteiger partial charge in [0.25, 0.3) is 0 Å². The van der Waals surface area contributed by atoms with E-state index < -0.39 is 10.8 Å². The van der Waals surface area contributed by atoms with Gasteiger partial charge >= 0.3 is 0 Å². The molecule has 2 heterocycles. The maximum atomic E-state index is 5.93. The molecule has 0 bridgehead atoms. The molecule has 2 aliphatic rings. The first-order valence-electron chi connectivity index (χ1n) is 23.5. The average molecular weight is 887 g/mol. The number of nitrogens with zero attached hydrogens (tertiary/aromatic N) is 2. The van der Waals surface area contributed by atoms with Gasteiger partial charge in [-0.2, -0.15) is 0 Å². The lowest BCUT2D eigenvalue weighted by molar-refractivity contribution is 0.370. The second-order valence-electron chi connectivity index (χ2n) is 17.8. The van der Waals surface area contributed by atoms with Crippen LogP contribution < -0.4 is 9.47 Å². The van der Waals surface area contributed by atoms with Crippen molar-refractivity contribution in [3.05, 3.63) is 262 Å². The summed E-state index contributed by atoms with van der Waals surface area (Å²) in [4.78, 5) is 10.5. The van der Waals surface area contributed by atoms with Gasteiger partial charge in [0.05, 0.1) is 10.8 Å². The van der Waals surface area contributed by atoms with Crippen molar-refractivity contribution < 1.29 is 9.47 Å². The molecule has 0 aliphatic heterocycles. The quantitative estimate of drug-likeness (QED) is 0.128. The molecule has 0 saturated carbocycles. The van der Waals surface area contributed by atoms with Gasteiger partial charge in [-0.1, -0.05) is 157 Å². The van der Waals surface area contributed by atoms with Crippen LogP contribution in [0.25, 0.3) is 43.8 Å². The summed E-state index contributed by atoms with van der Waals surface area (Å²) >= 11 is 0. The first-order valence-corrected chi connectivity index (χ1v) is 23.5. The average Bonchev–Trinajstić information content (AvgIpc) is 3.88. The molecule has 10 aromatic rings. The number of pyridine rings is 2. The largest absolute Gasteiger partial charge is 0.481 e. The lowest BCUT2D eigenvalue weighted by atomic mass is 9.68. The monoisotopic (exact) mass is 886 g/mol. The van der Waals surface area contributed by atoms with Gasteiger partial charge in [-0.15, -0.1) is 11.8 Å². The van der Waals surface area contributed by atoms with Crippen LogP contribution in [0, 0.1) is 23.7 Å². The molecule has 0 fully saturated rings. The zero-order chi connectivity index (χ0) is 46.4. The topological polar surface area (TPSA) is 44.2 Å². The van der Waals surface area contributed by atoms with E-state index in [1.165, 1.54) is 55.6 Å². The van der Waals surface area contributed by atoms with Crippen LogP contribution in [0.1, 0.15) is 69.7 Å². The summed E-state index contributed by atoms with van der Waals surface area (Å²) in [6.45, 7) is 4.39. The van der Waals surface area contributed by atoms with Crippen LogP contribution in [0.15, 0.2) is 207 Å². The summed E-state index contributed by atoms with van der Waals surface area (Å²) in [5, 5.41) is 4.52. The van der Waals surface area contributed by atoms with Crippen LogP contribution in [-0.4, -0.2) is 23.2 Å². The van der Waals surface area contributed by atoms with Crippen molar-refractivity contribution in [2.75, 3.05) is 13.2 Å². The highest BCUT2D eigenvalue weighted by Gasteiger charge is 2.47. The first kappa shape index (κ1) is 41.7. The fourth-order valence-corrected chi connectivity index (χ4v) is 11.2. The lowest BCUT2D eigenvalue weighted by Crippen LogP contribution is -2.29. The van der Waals surface area contributed by atoms with Crippen molar-refractivity contribution in [1.29, 1.82) is 0 Å². The minimum absolute atomic E-state index is 0.368. The summed E-state index contributed by atoms with van der Waals surface area (Å²) in [7, 11) is 0. The van der Waals surface area contributed by atoms with Crippen LogP contribution in [0.2, 0.25) is 0 Å². The molecular weight excluding hydrogens is 841 g/mol. The fraction of sp³-hybridized carbons (Fsp3) is 0.108. The zero-order valence-electron chi connectivity index (χ0n) is 38.5. The third kappa shape index (κ3) is 6.79. The number of hydrogen-bond donors (Lipinski definition) is 0. The van der Waals surface area contributed by atoms with Crippen molar-refractivity contribution in [2.24, 2.45) is 0 Å². The molecule has 0 amide bonds. The molecule has 2 aromatic heterocycles. The molecule has 4 nitrogen and oxygen atoms in total. The second-order valence-corrected chi connectivity index (χ2v) is 17.8. The number of hydrogen-bond acceptors (Lipinski definition) is 4. The Morgan fingerprint density at radius 3 is 1.09 bits per heavy atom. The van der Waals surface area contributed by atoms with Gasteiger partial charge in [0.2, 0.25) is 0 Å². The molecular formula is C65H46N2O2. The Bertz CT molecular complexity index is 3410. The standard InChI is InChI=1S/C65H46N2O2/c1-3-5-35-68-54-33-25-44-37-48(27-23-46(44)39-54)64(60-19-11-7-15-56(60)57-16-8-12-20-61(57)64)50-29-31-52(66-42-50)41-53-32-30-51(43-67-53)65(62-21-13-9-17-58(62)59-18-10-14-22-63(59)65)49-28-24-47-40-55(69-36-6-4-2)34-26-45(47)38-49/h7-34,37-40,42-43H,35-36,41H2,1-2H3. The molecule has 0 saturated heterocycles. The second kappa shape index (κ2) is 17.2. The van der Waals surface area contributed by atoms with Crippen LogP contribution in [-0.2, 0) is 17.3 Å². The molecule has 8 aromatic carbocycles. The zero-order valence-corrected chi connectivity index (χ0v) is 38.5. The van der Waals surface area contributed by atoms with Crippen LogP contribution in [0.5, 0.6) is 11.5 Å². The Morgan fingerprint density at radius 1 is 0.377 bits per heavy atom. The Morgan fingerprint density at radius 2 is 0.725 bits per heavy atom. The van der Waals surface area contributed by atoms with E-state index in [1.54, 1.807) is 0 Å². The van der Waals surface area contributed by atoms with E-state index in [2.05, 4.69) is 218 Å². The summed E-state index contributed by atoms with van der Waals surface area (Å²) in [5.41, 5.74) is 15.4. The molecule has 0 atom stereocenters. The molecule has 4 heteroatoms. The smallest absolute Gasteiger partial charge is 0.149 e. The van der Waals surface area contributed by atoms with E-state index in [1.807, 2.05) is 26.0 Å². The van der Waals surface area contributed by atoms with Crippen LogP contribution in [0.3, 0.4) is 0 Å². The SMILES string of the molecule is CC#CCOc1ccc2cc(C3(c4ccc(Cc5ccc(C6(c7ccc8cc(OCC#CC)ccc8c7)c7ccccc7-c7ccccc76)cn5)nc4)c4ccccc4-c4ccccc43)ccc2c1. The lowest BCUT2D eigenvalue weighted by Gasteiger charge is -2.34. The van der Waals surface area contributed by atoms with E-state index in [0.29, 0.717) is 19.6 Å². The highest BCUT2D eigenvalue weighted by atomic mass is 16.5. The minimum Gasteiger partial charge on any atom is -0.481 e. The molecule has 0 radical (unpaired) electrons. The van der Waals surface area contributed by atoms with Crippen molar-refractivity contribution >= 4 is 21.5 Å². The summed E-state index contributed by atoms with van der Waals surface area (Å²) in [6, 6.07) is 70.5. The number of rotatable bonds is 10. The molecule has 328 valence electrons. The summed E-state index contributed by atoms with van der Waals surface area (Å²) < 4.78 is 11.9. The Hall–Kier alpha value is -8.70. The van der Waals surface area contributed by atoms with Crippen LogP contribution in [0.4, 0.5) is 0 Å². The Kier molecular flexibility index (Phi) is 10.4. The molecule has 0 N–H and O–H groups in total. The van der Waals surface area contributed by atoms with Gasteiger partial charge in [0.15, 0.2) is 0 Å². The Labute approximate surface area is 403 Å². The number of benzene rings is 8. The van der Waals surface area contributed by atoms with Gasteiger partial charge in [-0.3, -0.25) is 9.97 Å². The fourth-order valence-electron chi connectivity index (χ4n) is 11.2. The molecule has 69 heavy (non-hydrogen) atoms. The predicted molar refractivity (Wildman–Crippen MR) is 279 cm³/mol. The van der Waals surface area contributed by atoms with E-state index in [4.69, 9.17) is 19.4 Å². The van der Waals surface area contributed by atoms with Gasteiger partial charge in [-0.25, -0.2) is 0 Å².